The Labute approximate surface area is 122 Å². The van der Waals surface area contributed by atoms with Crippen LogP contribution in [0.5, 0.6) is 5.75 Å². The highest BCUT2D eigenvalue weighted by molar-refractivity contribution is 5.47. The van der Waals surface area contributed by atoms with Crippen molar-refractivity contribution in [3.05, 3.63) is 29.3 Å². The van der Waals surface area contributed by atoms with Gasteiger partial charge in [-0.15, -0.1) is 0 Å². The second-order valence-corrected chi connectivity index (χ2v) is 8.28. The smallest absolute Gasteiger partial charge is 0.128 e. The average Bonchev–Trinajstić information content (AvgIpc) is 2.70. The van der Waals surface area contributed by atoms with Crippen LogP contribution in [0.25, 0.3) is 0 Å². The van der Waals surface area contributed by atoms with Gasteiger partial charge in [0.2, 0.25) is 0 Å². The molecule has 0 aromatic heterocycles. The van der Waals surface area contributed by atoms with Gasteiger partial charge in [0.25, 0.3) is 0 Å². The lowest BCUT2D eigenvalue weighted by Gasteiger charge is -2.50. The van der Waals surface area contributed by atoms with Gasteiger partial charge >= 0.3 is 0 Å². The molecule has 2 nitrogen and oxygen atoms in total. The minimum absolute atomic E-state index is 0.151. The van der Waals surface area contributed by atoms with Crippen molar-refractivity contribution < 1.29 is 9.84 Å². The summed E-state index contributed by atoms with van der Waals surface area (Å²) in [6.07, 6.45) is 3.73. The normalized spacial score (nSPS) is 25.9. The predicted octanol–water partition coefficient (Wildman–Crippen LogP) is 4.05. The minimum Gasteiger partial charge on any atom is -0.493 e. The van der Waals surface area contributed by atoms with E-state index in [2.05, 4.69) is 45.9 Å². The summed E-state index contributed by atoms with van der Waals surface area (Å²) in [7, 11) is 0. The number of benzene rings is 1. The van der Waals surface area contributed by atoms with Gasteiger partial charge < -0.3 is 9.84 Å². The molecule has 110 valence electrons. The highest BCUT2D eigenvalue weighted by Crippen LogP contribution is 2.55. The van der Waals surface area contributed by atoms with Gasteiger partial charge in [-0.3, -0.25) is 0 Å². The Morgan fingerprint density at radius 2 is 1.65 bits per heavy atom. The Balaban J connectivity index is 2.06. The Kier molecular flexibility index (Phi) is 2.95. The molecule has 3 rings (SSSR count). The van der Waals surface area contributed by atoms with E-state index < -0.39 is 5.60 Å². The highest BCUT2D eigenvalue weighted by Gasteiger charge is 2.48. The third kappa shape index (κ3) is 2.35. The molecule has 0 saturated heterocycles. The number of ether oxygens (including phenoxy) is 1. The SMILES string of the molecule is CC1(C)CC(C)(C)CC(O)(c2cccc3c2OCC3)C1. The van der Waals surface area contributed by atoms with Crippen LogP contribution in [0, 0.1) is 10.8 Å². The number of para-hydroxylation sites is 1. The zero-order valence-electron chi connectivity index (χ0n) is 13.1. The maximum atomic E-state index is 11.4. The van der Waals surface area contributed by atoms with Crippen LogP contribution in [0.2, 0.25) is 0 Å². The Morgan fingerprint density at radius 1 is 1.00 bits per heavy atom. The van der Waals surface area contributed by atoms with Crippen molar-refractivity contribution in [1.82, 2.24) is 0 Å². The van der Waals surface area contributed by atoms with E-state index in [9.17, 15) is 5.11 Å². The summed E-state index contributed by atoms with van der Waals surface area (Å²) in [4.78, 5) is 0. The Hall–Kier alpha value is -1.02. The van der Waals surface area contributed by atoms with Gasteiger partial charge in [0.05, 0.1) is 12.2 Å². The fourth-order valence-corrected chi connectivity index (χ4v) is 4.84. The summed E-state index contributed by atoms with van der Waals surface area (Å²) in [6, 6.07) is 6.24. The third-order valence-corrected chi connectivity index (χ3v) is 4.71. The van der Waals surface area contributed by atoms with Crippen molar-refractivity contribution in [2.75, 3.05) is 6.61 Å². The van der Waals surface area contributed by atoms with Gasteiger partial charge in [-0.2, -0.15) is 0 Å². The first-order valence-corrected chi connectivity index (χ1v) is 7.69. The van der Waals surface area contributed by atoms with Crippen molar-refractivity contribution >= 4 is 0 Å². The maximum Gasteiger partial charge on any atom is 0.128 e. The molecule has 1 N–H and O–H groups in total. The first-order valence-electron chi connectivity index (χ1n) is 7.69. The van der Waals surface area contributed by atoms with Gasteiger partial charge in [-0.1, -0.05) is 45.9 Å². The van der Waals surface area contributed by atoms with Gasteiger partial charge in [0.15, 0.2) is 0 Å². The van der Waals surface area contributed by atoms with E-state index in [4.69, 9.17) is 4.74 Å². The van der Waals surface area contributed by atoms with Crippen molar-refractivity contribution in [2.24, 2.45) is 10.8 Å². The van der Waals surface area contributed by atoms with E-state index in [-0.39, 0.29) is 10.8 Å². The second-order valence-electron chi connectivity index (χ2n) is 8.28. The number of fused-ring (bicyclic) bond motifs is 1. The van der Waals surface area contributed by atoms with Crippen LogP contribution in [-0.4, -0.2) is 11.7 Å². The number of aliphatic hydroxyl groups is 1. The second kappa shape index (κ2) is 4.24. The number of hydrogen-bond donors (Lipinski definition) is 1. The first kappa shape index (κ1) is 13.9. The molecular formula is C18H26O2. The van der Waals surface area contributed by atoms with Crippen LogP contribution in [0.3, 0.4) is 0 Å². The lowest BCUT2D eigenvalue weighted by Crippen LogP contribution is -2.44. The highest BCUT2D eigenvalue weighted by atomic mass is 16.5. The molecule has 0 atom stereocenters. The molecule has 1 aliphatic carbocycles. The van der Waals surface area contributed by atoms with E-state index in [1.807, 2.05) is 0 Å². The molecule has 0 spiro atoms. The molecule has 1 saturated carbocycles. The zero-order valence-corrected chi connectivity index (χ0v) is 13.1. The summed E-state index contributed by atoms with van der Waals surface area (Å²) in [5, 5.41) is 11.4. The van der Waals surface area contributed by atoms with Crippen molar-refractivity contribution in [2.45, 2.75) is 59.0 Å². The third-order valence-electron chi connectivity index (χ3n) is 4.71. The van der Waals surface area contributed by atoms with E-state index >= 15 is 0 Å². The van der Waals surface area contributed by atoms with Crippen molar-refractivity contribution in [3.8, 4) is 5.75 Å². The van der Waals surface area contributed by atoms with Gasteiger partial charge in [0.1, 0.15) is 5.75 Å². The summed E-state index contributed by atoms with van der Waals surface area (Å²) in [6.45, 7) is 9.81. The van der Waals surface area contributed by atoms with Crippen LogP contribution < -0.4 is 4.74 Å². The fraction of sp³-hybridized carbons (Fsp3) is 0.667. The first-order chi connectivity index (χ1) is 9.21. The quantitative estimate of drug-likeness (QED) is 0.837. The van der Waals surface area contributed by atoms with Gasteiger partial charge in [-0.25, -0.2) is 0 Å². The van der Waals surface area contributed by atoms with Gasteiger partial charge in [-0.05, 0) is 35.7 Å². The predicted molar refractivity (Wildman–Crippen MR) is 81.0 cm³/mol. The van der Waals surface area contributed by atoms with E-state index in [0.29, 0.717) is 0 Å². The molecule has 2 heteroatoms. The molecular weight excluding hydrogens is 248 g/mol. The molecule has 2 aliphatic rings. The Morgan fingerprint density at radius 3 is 2.30 bits per heavy atom. The van der Waals surface area contributed by atoms with Crippen LogP contribution in [0.1, 0.15) is 58.1 Å². The van der Waals surface area contributed by atoms with E-state index in [1.165, 1.54) is 5.56 Å². The lowest BCUT2D eigenvalue weighted by molar-refractivity contribution is -0.0922. The summed E-state index contributed by atoms with van der Waals surface area (Å²) < 4.78 is 5.82. The van der Waals surface area contributed by atoms with Crippen LogP contribution in [0.15, 0.2) is 18.2 Å². The molecule has 1 aromatic carbocycles. The number of hydrogen-bond acceptors (Lipinski definition) is 2. The monoisotopic (exact) mass is 274 g/mol. The minimum atomic E-state index is -0.763. The molecule has 0 radical (unpaired) electrons. The number of rotatable bonds is 1. The van der Waals surface area contributed by atoms with Gasteiger partial charge in [0, 0.05) is 12.0 Å². The average molecular weight is 274 g/mol. The lowest BCUT2D eigenvalue weighted by atomic mass is 9.58. The van der Waals surface area contributed by atoms with Crippen LogP contribution in [0.4, 0.5) is 0 Å². The molecule has 1 aromatic rings. The molecule has 20 heavy (non-hydrogen) atoms. The molecule has 0 amide bonds. The molecule has 1 aliphatic heterocycles. The fourth-order valence-electron chi connectivity index (χ4n) is 4.84. The largest absolute Gasteiger partial charge is 0.493 e. The van der Waals surface area contributed by atoms with Crippen LogP contribution >= 0.6 is 0 Å². The van der Waals surface area contributed by atoms with Crippen LogP contribution in [-0.2, 0) is 12.0 Å². The molecule has 1 fully saturated rings. The summed E-state index contributed by atoms with van der Waals surface area (Å²) in [5.41, 5.74) is 1.79. The molecule has 1 heterocycles. The zero-order chi connectivity index (χ0) is 14.6. The molecule has 0 bridgehead atoms. The van der Waals surface area contributed by atoms with E-state index in [0.717, 1.165) is 43.6 Å². The maximum absolute atomic E-state index is 11.4. The van der Waals surface area contributed by atoms with E-state index in [1.54, 1.807) is 0 Å². The van der Waals surface area contributed by atoms with Crippen molar-refractivity contribution in [1.29, 1.82) is 0 Å². The topological polar surface area (TPSA) is 29.5 Å². The summed E-state index contributed by atoms with van der Waals surface area (Å²) in [5.74, 6) is 0.948. The van der Waals surface area contributed by atoms with Crippen molar-refractivity contribution in [3.63, 3.8) is 0 Å². The standard InChI is InChI=1S/C18H26O2/c1-16(2)10-17(3,4)12-18(19,11-16)14-7-5-6-13-8-9-20-15(13)14/h5-7,19H,8-12H2,1-4H3. The Bertz CT molecular complexity index is 512. The summed E-state index contributed by atoms with van der Waals surface area (Å²) >= 11 is 0. The molecule has 0 unspecified atom stereocenters.